The van der Waals surface area contributed by atoms with E-state index in [-0.39, 0.29) is 59.9 Å². The predicted molar refractivity (Wildman–Crippen MR) is 311 cm³/mol. The number of carbonyl (C=O) groups is 7. The first-order chi connectivity index (χ1) is 38.3. The number of alkyl carbamates (subject to hydrolysis) is 1. The number of nitrogens with one attached hydrogen (secondary N) is 1. The van der Waals surface area contributed by atoms with Crippen molar-refractivity contribution in [2.75, 3.05) is 85.8 Å². The van der Waals surface area contributed by atoms with Crippen molar-refractivity contribution >= 4 is 53.3 Å². The van der Waals surface area contributed by atoms with Crippen molar-refractivity contribution in [3.8, 4) is 0 Å². The number of nitrogens with zero attached hydrogens (tertiary/aromatic N) is 2. The molecule has 0 aromatic heterocycles. The Morgan fingerprint density at radius 1 is 0.679 bits per heavy atom. The molecule has 81 heavy (non-hydrogen) atoms. The fourth-order valence-corrected chi connectivity index (χ4v) is 8.57. The van der Waals surface area contributed by atoms with Crippen molar-refractivity contribution in [2.45, 2.75) is 132 Å². The average Bonchev–Trinajstić information content (AvgIpc) is 4.14. The third kappa shape index (κ3) is 23.3. The minimum absolute atomic E-state index is 0. The van der Waals surface area contributed by atoms with Gasteiger partial charge in [0.05, 0.1) is 70.4 Å². The van der Waals surface area contributed by atoms with Gasteiger partial charge in [0.15, 0.2) is 0 Å². The Morgan fingerprint density at radius 2 is 1.19 bits per heavy atom. The Kier molecular flexibility index (Phi) is 27.9. The lowest BCUT2D eigenvalue weighted by molar-refractivity contribution is -0.170. The average molecular weight is 1130 g/mol. The lowest BCUT2D eigenvalue weighted by Crippen LogP contribution is -2.46. The fourth-order valence-electron chi connectivity index (χ4n) is 8.57. The zero-order valence-electron chi connectivity index (χ0n) is 48.2. The largest absolute Gasteiger partial charge is 0.465 e. The first-order valence-corrected chi connectivity index (χ1v) is 28.4. The van der Waals surface area contributed by atoms with Crippen molar-refractivity contribution in [3.05, 3.63) is 108 Å². The molecular formula is C64H91N3O14. The van der Waals surface area contributed by atoms with E-state index in [1.807, 2.05) is 64.1 Å². The molecule has 1 saturated carbocycles. The van der Waals surface area contributed by atoms with E-state index in [0.717, 1.165) is 62.2 Å². The van der Waals surface area contributed by atoms with Gasteiger partial charge in [0.2, 0.25) is 0 Å². The summed E-state index contributed by atoms with van der Waals surface area (Å²) in [6, 6.07) is 18.3. The number of unbranched alkanes of at least 4 members (excludes halogenated alkanes) is 4. The van der Waals surface area contributed by atoms with Crippen molar-refractivity contribution in [3.63, 3.8) is 0 Å². The molecule has 1 aliphatic carbocycles. The Balaban J connectivity index is 0.000000232. The summed E-state index contributed by atoms with van der Waals surface area (Å²) in [5, 5.41) is 2.93. The van der Waals surface area contributed by atoms with Crippen LogP contribution in [0.4, 0.5) is 4.79 Å². The van der Waals surface area contributed by atoms with Crippen LogP contribution in [0, 0.1) is 22.2 Å². The third-order valence-electron chi connectivity index (χ3n) is 14.9. The highest BCUT2D eigenvalue weighted by Gasteiger charge is 2.39. The van der Waals surface area contributed by atoms with Gasteiger partial charge in [-0.25, -0.2) is 4.79 Å². The highest BCUT2D eigenvalue weighted by Crippen LogP contribution is 2.33. The van der Waals surface area contributed by atoms with Crippen LogP contribution in [0.25, 0.3) is 11.6 Å². The first kappa shape index (κ1) is 67.2. The monoisotopic (exact) mass is 1130 g/mol. The van der Waals surface area contributed by atoms with Gasteiger partial charge in [-0.15, -0.1) is 0 Å². The van der Waals surface area contributed by atoms with Crippen molar-refractivity contribution in [1.82, 2.24) is 15.1 Å². The summed E-state index contributed by atoms with van der Waals surface area (Å²) < 4.78 is 37.0. The van der Waals surface area contributed by atoms with Gasteiger partial charge >= 0.3 is 18.0 Å². The lowest BCUT2D eigenvalue weighted by Gasteiger charge is -2.40. The molecule has 0 spiro atoms. The summed E-state index contributed by atoms with van der Waals surface area (Å²) in [6.45, 7) is 24.2. The fraction of sp³-hybridized carbons (Fsp3) is 0.578. The summed E-state index contributed by atoms with van der Waals surface area (Å²) in [7, 11) is 0. The zero-order valence-corrected chi connectivity index (χ0v) is 48.2. The minimum atomic E-state index is -0.466. The molecule has 0 unspecified atom stereocenters. The molecule has 17 nitrogen and oxygen atoms in total. The Labute approximate surface area is 481 Å². The number of hydrogen-bond acceptors (Lipinski definition) is 14. The second kappa shape index (κ2) is 33.6. The number of hydrogen-bond donors (Lipinski definition) is 1. The van der Waals surface area contributed by atoms with Gasteiger partial charge in [0.25, 0.3) is 23.6 Å². The second-order valence-electron chi connectivity index (χ2n) is 22.7. The van der Waals surface area contributed by atoms with Crippen LogP contribution in [0.5, 0.6) is 0 Å². The summed E-state index contributed by atoms with van der Waals surface area (Å²) in [6.07, 6.45) is 18.5. The van der Waals surface area contributed by atoms with Crippen LogP contribution < -0.4 is 5.32 Å². The van der Waals surface area contributed by atoms with E-state index in [1.54, 1.807) is 0 Å². The standard InChI is InChI=1S/C17H23NO2.C16H23NO5.C15H21NO5.C15H20O2.CH4/c1-12(2)14-6-5-7-15(10-14)17(3,4)18-16(19)20-11-13-8-9-13;1-2-16(10-21-11-16)12-22-15(20)6-4-3-5-9-17-13(18)7-8-14(17)19;1-15(9-20-10-15)11-21-14(19)5-3-2-4-8-16-12(17)6-7-13(16)18;1-2-15(12-17-13-15)11-16-10-6-9-14-7-4-3-5-8-14;/h5-7,10,13H,1,8-9,11H2,2-4H3,(H,18,19);7-8H,2-6,9-12H2,1H3;6-7H,2-5,8-11H2,1H3;3-9H,2,10-13H2,1H3;1H4/b;;;9-6+;. The highest BCUT2D eigenvalue weighted by atomic mass is 16.6. The number of carbonyl (C=O) groups excluding carboxylic acids is 7. The maximum Gasteiger partial charge on any atom is 0.407 e. The molecule has 17 heteroatoms. The molecule has 2 aromatic rings. The van der Waals surface area contributed by atoms with Gasteiger partial charge in [-0.05, 0) is 101 Å². The van der Waals surface area contributed by atoms with Crippen LogP contribution >= 0.6 is 0 Å². The molecule has 8 rings (SSSR count). The Hall–Kier alpha value is -6.27. The quantitative estimate of drug-likeness (QED) is 0.0365. The van der Waals surface area contributed by atoms with Crippen LogP contribution in [-0.2, 0) is 67.5 Å². The molecule has 0 radical (unpaired) electrons. The summed E-state index contributed by atoms with van der Waals surface area (Å²) in [5.41, 5.74) is 4.20. The van der Waals surface area contributed by atoms with E-state index in [2.05, 4.69) is 56.1 Å². The molecule has 6 aliphatic rings. The van der Waals surface area contributed by atoms with Crippen LogP contribution in [0.2, 0.25) is 0 Å². The molecule has 0 bridgehead atoms. The molecule has 0 atom stereocenters. The number of amides is 5. The van der Waals surface area contributed by atoms with Crippen LogP contribution in [0.3, 0.4) is 0 Å². The van der Waals surface area contributed by atoms with Gasteiger partial charge in [0.1, 0.15) is 13.2 Å². The van der Waals surface area contributed by atoms with Crippen molar-refractivity contribution in [1.29, 1.82) is 0 Å². The number of benzene rings is 2. The van der Waals surface area contributed by atoms with E-state index in [4.69, 9.17) is 33.2 Å². The van der Waals surface area contributed by atoms with Crippen molar-refractivity contribution in [2.24, 2.45) is 22.2 Å². The number of esters is 2. The van der Waals surface area contributed by atoms with E-state index >= 15 is 0 Å². The highest BCUT2D eigenvalue weighted by molar-refractivity contribution is 6.13. The molecule has 2 aromatic carbocycles. The lowest BCUT2D eigenvalue weighted by atomic mass is 9.84. The first-order valence-electron chi connectivity index (χ1n) is 28.4. The molecule has 5 aliphatic heterocycles. The molecule has 5 amide bonds. The van der Waals surface area contributed by atoms with E-state index in [1.165, 1.54) is 52.5 Å². The smallest absolute Gasteiger partial charge is 0.407 e. The number of rotatable bonds is 28. The maximum atomic E-state index is 11.8. The molecule has 446 valence electrons. The summed E-state index contributed by atoms with van der Waals surface area (Å²) in [4.78, 5) is 82.8. The van der Waals surface area contributed by atoms with Crippen LogP contribution in [-0.4, -0.2) is 137 Å². The predicted octanol–water partition coefficient (Wildman–Crippen LogP) is 10.4. The number of ether oxygens (including phenoxy) is 7. The Bertz CT molecular complexity index is 2420. The van der Waals surface area contributed by atoms with E-state index < -0.39 is 5.54 Å². The zero-order chi connectivity index (χ0) is 58.0. The molecule has 5 heterocycles. The van der Waals surface area contributed by atoms with E-state index in [0.29, 0.717) is 116 Å². The molecular weight excluding hydrogens is 1030 g/mol. The third-order valence-corrected chi connectivity index (χ3v) is 14.9. The van der Waals surface area contributed by atoms with Gasteiger partial charge in [0, 0.05) is 61.1 Å². The second-order valence-corrected chi connectivity index (χ2v) is 22.7. The van der Waals surface area contributed by atoms with Gasteiger partial charge in [-0.3, -0.25) is 38.6 Å². The van der Waals surface area contributed by atoms with Crippen LogP contribution in [0.1, 0.15) is 143 Å². The molecule has 4 fully saturated rings. The summed E-state index contributed by atoms with van der Waals surface area (Å²) >= 11 is 0. The topological polar surface area (TPSA) is 203 Å². The summed E-state index contributed by atoms with van der Waals surface area (Å²) in [5.74, 6) is -0.817. The van der Waals surface area contributed by atoms with Crippen molar-refractivity contribution < 1.29 is 66.7 Å². The van der Waals surface area contributed by atoms with Crippen LogP contribution in [0.15, 0.2) is 91.6 Å². The van der Waals surface area contributed by atoms with Gasteiger partial charge in [-0.2, -0.15) is 0 Å². The SMILES string of the molecule is C.C=C(C)c1cccc(C(C)(C)NC(=O)OCC2CC2)c1.CC1(COC(=O)CCCCCN2C(=O)C=CC2=O)COC1.CCC1(COC(=O)CCCCCN2C(=O)C=CC2=O)COC1.CCC1(COC/C=C/c2ccccc2)COC1. The Morgan fingerprint density at radius 3 is 1.64 bits per heavy atom. The normalized spacial score (nSPS) is 17.9. The molecule has 3 saturated heterocycles. The van der Waals surface area contributed by atoms with Gasteiger partial charge < -0.3 is 38.5 Å². The number of imide groups is 2. The maximum absolute atomic E-state index is 11.8. The number of allylic oxidation sites excluding steroid dienone is 1. The molecule has 1 N–H and O–H groups in total. The van der Waals surface area contributed by atoms with Gasteiger partial charge in [-0.1, -0.05) is 114 Å². The minimum Gasteiger partial charge on any atom is -0.465 e. The van der Waals surface area contributed by atoms with E-state index in [9.17, 15) is 33.6 Å².